The Morgan fingerprint density at radius 1 is 1.30 bits per heavy atom. The molecular weight excluding hydrogens is 310 g/mol. The number of hydrogen-bond donors (Lipinski definition) is 2. The molecular formula is C16H17N5OS. The van der Waals surface area contributed by atoms with E-state index in [0.29, 0.717) is 12.0 Å². The molecule has 3 aromatic rings. The third-order valence-electron chi connectivity index (χ3n) is 3.36. The molecule has 7 heteroatoms. The predicted octanol–water partition coefficient (Wildman–Crippen LogP) is 2.96. The molecule has 2 aromatic heterocycles. The van der Waals surface area contributed by atoms with Crippen molar-refractivity contribution in [3.05, 3.63) is 58.9 Å². The van der Waals surface area contributed by atoms with Crippen molar-refractivity contribution in [1.82, 2.24) is 20.2 Å². The highest BCUT2D eigenvalue weighted by Crippen LogP contribution is 2.15. The lowest BCUT2D eigenvalue weighted by atomic mass is 10.2. The lowest BCUT2D eigenvalue weighted by Gasteiger charge is -2.08. The van der Waals surface area contributed by atoms with E-state index in [-0.39, 0.29) is 5.91 Å². The van der Waals surface area contributed by atoms with Crippen molar-refractivity contribution in [3.8, 4) is 5.13 Å². The SMILES string of the molecule is CCc1nn(-c2nccs2)cc1C(=O)NNc1ccc(C)cc1. The number of amides is 1. The van der Waals surface area contributed by atoms with E-state index in [2.05, 4.69) is 20.9 Å². The first-order valence-corrected chi connectivity index (χ1v) is 8.16. The topological polar surface area (TPSA) is 71.8 Å². The van der Waals surface area contributed by atoms with Crippen molar-refractivity contribution in [2.45, 2.75) is 20.3 Å². The number of hydrazine groups is 1. The van der Waals surface area contributed by atoms with E-state index >= 15 is 0 Å². The van der Waals surface area contributed by atoms with E-state index in [1.54, 1.807) is 17.1 Å². The van der Waals surface area contributed by atoms with Crippen molar-refractivity contribution < 1.29 is 4.79 Å². The van der Waals surface area contributed by atoms with Gasteiger partial charge in [0.1, 0.15) is 0 Å². The summed E-state index contributed by atoms with van der Waals surface area (Å²) in [4.78, 5) is 16.6. The molecule has 0 aliphatic heterocycles. The van der Waals surface area contributed by atoms with Gasteiger partial charge in [0.15, 0.2) is 0 Å². The molecule has 0 aliphatic carbocycles. The number of carbonyl (C=O) groups is 1. The molecule has 2 N–H and O–H groups in total. The van der Waals surface area contributed by atoms with Gasteiger partial charge in [-0.15, -0.1) is 11.3 Å². The molecule has 1 amide bonds. The normalized spacial score (nSPS) is 10.5. The van der Waals surface area contributed by atoms with Crippen LogP contribution in [-0.4, -0.2) is 20.7 Å². The third-order valence-corrected chi connectivity index (χ3v) is 4.12. The van der Waals surface area contributed by atoms with Crippen molar-refractivity contribution >= 4 is 22.9 Å². The second kappa shape index (κ2) is 6.62. The Morgan fingerprint density at radius 3 is 2.74 bits per heavy atom. The van der Waals surface area contributed by atoms with Crippen LogP contribution in [0.5, 0.6) is 0 Å². The quantitative estimate of drug-likeness (QED) is 0.707. The predicted molar refractivity (Wildman–Crippen MR) is 90.9 cm³/mol. The molecule has 0 saturated heterocycles. The van der Waals surface area contributed by atoms with Crippen LogP contribution in [0.15, 0.2) is 42.0 Å². The van der Waals surface area contributed by atoms with Crippen LogP contribution >= 0.6 is 11.3 Å². The highest BCUT2D eigenvalue weighted by molar-refractivity contribution is 7.12. The summed E-state index contributed by atoms with van der Waals surface area (Å²) < 4.78 is 1.64. The van der Waals surface area contributed by atoms with Gasteiger partial charge in [-0.1, -0.05) is 24.6 Å². The van der Waals surface area contributed by atoms with Gasteiger partial charge in [-0.25, -0.2) is 9.67 Å². The number of anilines is 1. The summed E-state index contributed by atoms with van der Waals surface area (Å²) in [5, 5.41) is 7.05. The van der Waals surface area contributed by atoms with Crippen LogP contribution in [0.1, 0.15) is 28.5 Å². The monoisotopic (exact) mass is 327 g/mol. The number of benzene rings is 1. The van der Waals surface area contributed by atoms with Gasteiger partial charge in [-0.05, 0) is 25.5 Å². The van der Waals surface area contributed by atoms with E-state index in [9.17, 15) is 4.79 Å². The van der Waals surface area contributed by atoms with Crippen molar-refractivity contribution in [1.29, 1.82) is 0 Å². The van der Waals surface area contributed by atoms with Gasteiger partial charge >= 0.3 is 0 Å². The molecule has 0 atom stereocenters. The molecule has 23 heavy (non-hydrogen) atoms. The molecule has 0 aliphatic rings. The van der Waals surface area contributed by atoms with Crippen LogP contribution in [0.2, 0.25) is 0 Å². The molecule has 0 spiro atoms. The average Bonchev–Trinajstić information content (AvgIpc) is 3.23. The number of carbonyl (C=O) groups excluding carboxylic acids is 1. The van der Waals surface area contributed by atoms with E-state index in [4.69, 9.17) is 0 Å². The lowest BCUT2D eigenvalue weighted by molar-refractivity contribution is 0.0962. The Morgan fingerprint density at radius 2 is 2.09 bits per heavy atom. The largest absolute Gasteiger partial charge is 0.298 e. The second-order valence-corrected chi connectivity index (χ2v) is 5.92. The Labute approximate surface area is 138 Å². The number of rotatable bonds is 5. The van der Waals surface area contributed by atoms with Gasteiger partial charge in [0.25, 0.3) is 5.91 Å². The zero-order valence-corrected chi connectivity index (χ0v) is 13.7. The molecule has 0 saturated carbocycles. The summed E-state index contributed by atoms with van der Waals surface area (Å²) in [7, 11) is 0. The van der Waals surface area contributed by atoms with Crippen LogP contribution in [-0.2, 0) is 6.42 Å². The molecule has 0 radical (unpaired) electrons. The molecule has 6 nitrogen and oxygen atoms in total. The molecule has 2 heterocycles. The number of hydrogen-bond acceptors (Lipinski definition) is 5. The minimum Gasteiger partial charge on any atom is -0.298 e. The van der Waals surface area contributed by atoms with Gasteiger partial charge in [-0.2, -0.15) is 5.10 Å². The third kappa shape index (κ3) is 3.40. The zero-order chi connectivity index (χ0) is 16.2. The van der Waals surface area contributed by atoms with E-state index in [1.807, 2.05) is 43.5 Å². The van der Waals surface area contributed by atoms with Crippen molar-refractivity contribution in [3.63, 3.8) is 0 Å². The van der Waals surface area contributed by atoms with Crippen LogP contribution in [0.25, 0.3) is 5.13 Å². The average molecular weight is 327 g/mol. The smallest absolute Gasteiger partial charge is 0.273 e. The summed E-state index contributed by atoms with van der Waals surface area (Å²) in [6.07, 6.45) is 4.10. The first kappa shape index (κ1) is 15.2. The minimum absolute atomic E-state index is 0.217. The Kier molecular flexibility index (Phi) is 4.38. The summed E-state index contributed by atoms with van der Waals surface area (Å²) in [5.74, 6) is -0.217. The first-order valence-electron chi connectivity index (χ1n) is 7.29. The Hall–Kier alpha value is -2.67. The zero-order valence-electron chi connectivity index (χ0n) is 12.9. The Balaban J connectivity index is 1.75. The maximum absolute atomic E-state index is 12.4. The Bertz CT molecular complexity index is 793. The summed E-state index contributed by atoms with van der Waals surface area (Å²) in [5.41, 5.74) is 8.90. The number of aromatic nitrogens is 3. The number of nitrogens with zero attached hydrogens (tertiary/aromatic N) is 3. The lowest BCUT2D eigenvalue weighted by Crippen LogP contribution is -2.29. The second-order valence-electron chi connectivity index (χ2n) is 5.05. The molecule has 118 valence electrons. The van der Waals surface area contributed by atoms with Gasteiger partial charge in [-0.3, -0.25) is 15.6 Å². The molecule has 3 rings (SSSR count). The van der Waals surface area contributed by atoms with E-state index in [1.165, 1.54) is 16.9 Å². The van der Waals surface area contributed by atoms with E-state index in [0.717, 1.165) is 16.5 Å². The first-order chi connectivity index (χ1) is 11.2. The minimum atomic E-state index is -0.217. The van der Waals surface area contributed by atoms with Crippen molar-refractivity contribution in [2.24, 2.45) is 0 Å². The fraction of sp³-hybridized carbons (Fsp3) is 0.188. The summed E-state index contributed by atoms with van der Waals surface area (Å²) in [6, 6.07) is 7.78. The van der Waals surface area contributed by atoms with Crippen LogP contribution in [0.3, 0.4) is 0 Å². The van der Waals surface area contributed by atoms with Gasteiger partial charge < -0.3 is 0 Å². The number of aryl methyl sites for hydroxylation is 2. The molecule has 1 aromatic carbocycles. The van der Waals surface area contributed by atoms with Gasteiger partial charge in [0.2, 0.25) is 5.13 Å². The van der Waals surface area contributed by atoms with Gasteiger partial charge in [0.05, 0.1) is 16.9 Å². The van der Waals surface area contributed by atoms with E-state index < -0.39 is 0 Å². The molecule has 0 unspecified atom stereocenters. The summed E-state index contributed by atoms with van der Waals surface area (Å²) >= 11 is 1.47. The van der Waals surface area contributed by atoms with Crippen LogP contribution in [0, 0.1) is 6.92 Å². The summed E-state index contributed by atoms with van der Waals surface area (Å²) in [6.45, 7) is 3.99. The number of nitrogens with one attached hydrogen (secondary N) is 2. The van der Waals surface area contributed by atoms with Crippen molar-refractivity contribution in [2.75, 3.05) is 5.43 Å². The van der Waals surface area contributed by atoms with Crippen LogP contribution in [0.4, 0.5) is 5.69 Å². The molecule has 0 fully saturated rings. The maximum Gasteiger partial charge on any atom is 0.273 e. The maximum atomic E-state index is 12.4. The van der Waals surface area contributed by atoms with Gasteiger partial charge in [0, 0.05) is 17.8 Å². The highest BCUT2D eigenvalue weighted by Gasteiger charge is 2.16. The fourth-order valence-corrected chi connectivity index (χ4v) is 2.69. The van der Waals surface area contributed by atoms with Crippen LogP contribution < -0.4 is 10.9 Å². The number of thiazole rings is 1. The standard InChI is InChI=1S/C16H17N5OS/c1-3-14-13(10-21(20-14)16-17-8-9-23-16)15(22)19-18-12-6-4-11(2)5-7-12/h4-10,18H,3H2,1-2H3,(H,19,22). The fourth-order valence-electron chi connectivity index (χ4n) is 2.12. The molecule has 0 bridgehead atoms. The highest BCUT2D eigenvalue weighted by atomic mass is 32.1.